The van der Waals surface area contributed by atoms with Crippen LogP contribution < -0.4 is 9.64 Å². The van der Waals surface area contributed by atoms with Gasteiger partial charge in [-0.3, -0.25) is 14.7 Å². The minimum atomic E-state index is -0.130. The Labute approximate surface area is 216 Å². The third kappa shape index (κ3) is 6.21. The van der Waals surface area contributed by atoms with Gasteiger partial charge in [-0.25, -0.2) is 4.99 Å². The largest absolute Gasteiger partial charge is 0.493 e. The van der Waals surface area contributed by atoms with Crippen molar-refractivity contribution in [2.75, 3.05) is 17.3 Å². The lowest BCUT2D eigenvalue weighted by molar-refractivity contribution is -0.113. The molecule has 6 nitrogen and oxygen atoms in total. The highest BCUT2D eigenvalue weighted by molar-refractivity contribution is 8.14. The first-order chi connectivity index (χ1) is 17.6. The highest BCUT2D eigenvalue weighted by Gasteiger charge is 2.31. The van der Waals surface area contributed by atoms with E-state index in [4.69, 9.17) is 10.00 Å². The summed E-state index contributed by atoms with van der Waals surface area (Å²) in [5.41, 5.74) is 4.77. The summed E-state index contributed by atoms with van der Waals surface area (Å²) in [4.78, 5) is 23.6. The summed E-state index contributed by atoms with van der Waals surface area (Å²) in [6.07, 6.45) is 8.11. The molecule has 0 aliphatic carbocycles. The van der Waals surface area contributed by atoms with Crippen LogP contribution in [0.15, 0.2) is 77.7 Å². The van der Waals surface area contributed by atoms with E-state index < -0.39 is 0 Å². The number of carbonyl (C=O) groups is 1. The molecule has 1 aliphatic rings. The van der Waals surface area contributed by atoms with Crippen molar-refractivity contribution in [3.63, 3.8) is 0 Å². The van der Waals surface area contributed by atoms with Gasteiger partial charge in [0.25, 0.3) is 5.91 Å². The number of hydrogen-bond acceptors (Lipinski definition) is 6. The molecule has 0 saturated carbocycles. The lowest BCUT2D eigenvalue weighted by atomic mass is 10.1. The number of nitriles is 1. The Morgan fingerprint density at radius 1 is 1.03 bits per heavy atom. The zero-order valence-electron chi connectivity index (χ0n) is 20.5. The Bertz CT molecular complexity index is 1290. The van der Waals surface area contributed by atoms with Crippen LogP contribution in [0.3, 0.4) is 0 Å². The molecule has 0 saturated heterocycles. The predicted molar refractivity (Wildman–Crippen MR) is 146 cm³/mol. The first kappa shape index (κ1) is 25.2. The first-order valence-corrected chi connectivity index (χ1v) is 12.9. The van der Waals surface area contributed by atoms with Crippen LogP contribution in [0.5, 0.6) is 5.75 Å². The monoisotopic (exact) mass is 496 g/mol. The molecule has 2 heterocycles. The smallest absolute Gasteiger partial charge is 0.283 e. The molecule has 2 aromatic carbocycles. The van der Waals surface area contributed by atoms with Gasteiger partial charge in [-0.15, -0.1) is 0 Å². The van der Waals surface area contributed by atoms with E-state index in [1.54, 1.807) is 29.1 Å². The molecule has 0 bridgehead atoms. The summed E-state index contributed by atoms with van der Waals surface area (Å²) in [6.45, 7) is 4.57. The van der Waals surface area contributed by atoms with Crippen molar-refractivity contribution in [1.29, 1.82) is 5.26 Å². The van der Waals surface area contributed by atoms with E-state index in [1.165, 1.54) is 0 Å². The minimum Gasteiger partial charge on any atom is -0.493 e. The topological polar surface area (TPSA) is 78.6 Å². The fourth-order valence-electron chi connectivity index (χ4n) is 3.98. The van der Waals surface area contributed by atoms with Gasteiger partial charge in [0.15, 0.2) is 5.17 Å². The van der Waals surface area contributed by atoms with Crippen molar-refractivity contribution in [2.45, 2.75) is 33.1 Å². The van der Waals surface area contributed by atoms with Crippen molar-refractivity contribution < 1.29 is 9.53 Å². The number of rotatable bonds is 9. The Balaban J connectivity index is 1.32. The van der Waals surface area contributed by atoms with Gasteiger partial charge >= 0.3 is 0 Å². The fourth-order valence-corrected chi connectivity index (χ4v) is 4.99. The maximum atomic E-state index is 13.2. The molecule has 1 aromatic heterocycles. The first-order valence-electron chi connectivity index (χ1n) is 11.9. The number of aliphatic imine (C=N–C) groups is 1. The van der Waals surface area contributed by atoms with Gasteiger partial charge in [-0.2, -0.15) is 5.26 Å². The number of thioether (sulfide) groups is 1. The number of carbonyl (C=O) groups excluding carboxylic acids is 1. The van der Waals surface area contributed by atoms with Gasteiger partial charge in [0.05, 0.1) is 23.9 Å². The lowest BCUT2D eigenvalue weighted by Crippen LogP contribution is -2.30. The number of nitrogens with zero attached hydrogens (tertiary/aromatic N) is 4. The van der Waals surface area contributed by atoms with Crippen LogP contribution in [-0.4, -0.2) is 28.4 Å². The Kier molecular flexibility index (Phi) is 8.53. The SMILES string of the molecule is Cc1cc(C#N)cc(C)c1OCCCCCSC1=NC(=Cc2ccccc2)C(=O)N1c1ccncc1. The number of hydrogen-bond donors (Lipinski definition) is 0. The summed E-state index contributed by atoms with van der Waals surface area (Å²) in [5, 5.41) is 9.79. The molecule has 0 unspecified atom stereocenters. The third-order valence-corrected chi connectivity index (χ3v) is 6.73. The van der Waals surface area contributed by atoms with Crippen molar-refractivity contribution in [3.8, 4) is 11.8 Å². The normalized spacial score (nSPS) is 14.1. The van der Waals surface area contributed by atoms with E-state index in [0.717, 1.165) is 53.1 Å². The Morgan fingerprint density at radius 3 is 2.44 bits per heavy atom. The minimum absolute atomic E-state index is 0.130. The van der Waals surface area contributed by atoms with Crippen molar-refractivity contribution in [3.05, 3.63) is 94.9 Å². The molecule has 1 aliphatic heterocycles. The second kappa shape index (κ2) is 12.2. The quantitative estimate of drug-likeness (QED) is 0.257. The number of unbranched alkanes of at least 4 members (excludes halogenated alkanes) is 2. The molecule has 4 rings (SSSR count). The molecule has 182 valence electrons. The zero-order chi connectivity index (χ0) is 25.3. The Morgan fingerprint density at radius 2 is 1.75 bits per heavy atom. The van der Waals surface area contributed by atoms with Crippen molar-refractivity contribution in [2.24, 2.45) is 4.99 Å². The number of aromatic nitrogens is 1. The standard InChI is InChI=1S/C29H28N4O2S/c1-21-17-24(20-30)18-22(2)27(21)35-15-7-4-8-16-36-29-32-26(19-23-9-5-3-6-10-23)28(34)33(29)25-11-13-31-14-12-25/h3,5-6,9-14,17-19H,4,7-8,15-16H2,1-2H3. The van der Waals surface area contributed by atoms with E-state index >= 15 is 0 Å². The number of benzene rings is 2. The number of pyridine rings is 1. The van der Waals surface area contributed by atoms with Gasteiger partial charge in [0.2, 0.25) is 0 Å². The van der Waals surface area contributed by atoms with Gasteiger partial charge in [0, 0.05) is 18.1 Å². The van der Waals surface area contributed by atoms with Crippen LogP contribution in [0.4, 0.5) is 5.69 Å². The summed E-state index contributed by atoms with van der Waals surface area (Å²) in [6, 6.07) is 19.3. The van der Waals surface area contributed by atoms with Gasteiger partial charge in [0.1, 0.15) is 11.4 Å². The molecule has 0 spiro atoms. The Hall–Kier alpha value is -3.89. The molecular formula is C29H28N4O2S. The second-order valence-electron chi connectivity index (χ2n) is 8.49. The van der Waals surface area contributed by atoms with Gasteiger partial charge in [-0.05, 0) is 80.1 Å². The second-order valence-corrected chi connectivity index (χ2v) is 9.55. The summed E-state index contributed by atoms with van der Waals surface area (Å²) < 4.78 is 6.00. The fraction of sp³-hybridized carbons (Fsp3) is 0.241. The molecule has 3 aromatic rings. The summed E-state index contributed by atoms with van der Waals surface area (Å²) in [5.74, 6) is 1.59. The summed E-state index contributed by atoms with van der Waals surface area (Å²) in [7, 11) is 0. The maximum absolute atomic E-state index is 13.2. The van der Waals surface area contributed by atoms with Gasteiger partial charge in [-0.1, -0.05) is 42.1 Å². The average Bonchev–Trinajstić information content (AvgIpc) is 3.20. The van der Waals surface area contributed by atoms with Crippen LogP contribution in [0.25, 0.3) is 6.08 Å². The zero-order valence-corrected chi connectivity index (χ0v) is 21.3. The highest BCUT2D eigenvalue weighted by Crippen LogP contribution is 2.30. The van der Waals surface area contributed by atoms with E-state index in [1.807, 2.05) is 74.5 Å². The molecule has 1 amide bonds. The van der Waals surface area contributed by atoms with Crippen LogP contribution in [0, 0.1) is 25.2 Å². The number of amides is 1. The van der Waals surface area contributed by atoms with E-state index in [2.05, 4.69) is 16.0 Å². The molecule has 36 heavy (non-hydrogen) atoms. The average molecular weight is 497 g/mol. The highest BCUT2D eigenvalue weighted by atomic mass is 32.2. The molecule has 0 radical (unpaired) electrons. The van der Waals surface area contributed by atoms with E-state index in [0.29, 0.717) is 23.0 Å². The van der Waals surface area contributed by atoms with Gasteiger partial charge < -0.3 is 4.74 Å². The molecule has 7 heteroatoms. The van der Waals surface area contributed by atoms with Crippen LogP contribution in [0.2, 0.25) is 0 Å². The van der Waals surface area contributed by atoms with Crippen LogP contribution in [-0.2, 0) is 4.79 Å². The molecule has 0 atom stereocenters. The number of ether oxygens (including phenoxy) is 1. The summed E-state index contributed by atoms with van der Waals surface area (Å²) >= 11 is 1.59. The molecule has 0 N–H and O–H groups in total. The predicted octanol–water partition coefficient (Wildman–Crippen LogP) is 6.30. The van der Waals surface area contributed by atoms with Crippen LogP contribution >= 0.6 is 11.8 Å². The number of anilines is 1. The third-order valence-electron chi connectivity index (χ3n) is 5.71. The maximum Gasteiger partial charge on any atom is 0.283 e. The molecule has 0 fully saturated rings. The number of aryl methyl sites for hydroxylation is 2. The van der Waals surface area contributed by atoms with Crippen molar-refractivity contribution >= 4 is 34.6 Å². The lowest BCUT2D eigenvalue weighted by Gasteiger charge is -2.17. The van der Waals surface area contributed by atoms with E-state index in [9.17, 15) is 4.79 Å². The molecular weight excluding hydrogens is 468 g/mol. The van der Waals surface area contributed by atoms with Crippen LogP contribution in [0.1, 0.15) is 41.5 Å². The van der Waals surface area contributed by atoms with E-state index in [-0.39, 0.29) is 5.91 Å². The van der Waals surface area contributed by atoms with Crippen molar-refractivity contribution in [1.82, 2.24) is 4.98 Å². The number of amidine groups is 1.